The minimum absolute atomic E-state index is 0.133. The number of halogens is 1. The number of piperidine rings is 1. The first kappa shape index (κ1) is 21.4. The Hall–Kier alpha value is -3.40. The molecule has 33 heavy (non-hydrogen) atoms. The second-order valence-corrected chi connectivity index (χ2v) is 9.27. The summed E-state index contributed by atoms with van der Waals surface area (Å²) in [5, 5.41) is 5.93. The molecular weight excluding hydrogens is 445 g/mol. The standard InChI is InChI=1S/C23H22FN5O3S/c1-2-17(30)28-11-5-6-13(12-28)26-21(31)20-19-18-16(9-10-25-22(18)33-20)29(23(32)27-19)15-8-4-3-7-14(15)24/h2-4,7-10,13,19-20H,1,5-6,11-12H2,(H,26,31)(H,27,32)/t13?,19?,20-/m1/s1. The lowest BCUT2D eigenvalue weighted by molar-refractivity contribution is -0.129. The van der Waals surface area contributed by atoms with E-state index in [1.54, 1.807) is 29.3 Å². The summed E-state index contributed by atoms with van der Waals surface area (Å²) < 4.78 is 14.5. The number of likely N-dealkylation sites (tertiary alicyclic amines) is 1. The molecule has 0 spiro atoms. The molecule has 1 saturated heterocycles. The van der Waals surface area contributed by atoms with Crippen LogP contribution in [0.5, 0.6) is 0 Å². The molecule has 3 aliphatic rings. The number of benzene rings is 1. The van der Waals surface area contributed by atoms with Gasteiger partial charge in [0.05, 0.1) is 17.4 Å². The van der Waals surface area contributed by atoms with Crippen LogP contribution in [-0.4, -0.2) is 52.1 Å². The molecule has 0 bridgehead atoms. The molecule has 0 aliphatic carbocycles. The third kappa shape index (κ3) is 3.74. The van der Waals surface area contributed by atoms with Crippen LogP contribution < -0.4 is 15.5 Å². The second kappa shape index (κ2) is 8.51. The van der Waals surface area contributed by atoms with E-state index in [-0.39, 0.29) is 23.5 Å². The van der Waals surface area contributed by atoms with Crippen LogP contribution in [0.2, 0.25) is 0 Å². The minimum atomic E-state index is -0.620. The van der Waals surface area contributed by atoms with E-state index in [0.717, 1.165) is 12.8 Å². The zero-order valence-electron chi connectivity index (χ0n) is 17.7. The molecule has 3 aliphatic heterocycles. The van der Waals surface area contributed by atoms with Crippen LogP contribution in [0.25, 0.3) is 0 Å². The van der Waals surface area contributed by atoms with Crippen LogP contribution in [0.3, 0.4) is 0 Å². The van der Waals surface area contributed by atoms with Gasteiger partial charge in [0.15, 0.2) is 0 Å². The van der Waals surface area contributed by atoms with Crippen LogP contribution in [0.1, 0.15) is 24.4 Å². The lowest BCUT2D eigenvalue weighted by Crippen LogP contribution is -2.53. The van der Waals surface area contributed by atoms with Crippen LogP contribution >= 0.6 is 11.8 Å². The Balaban J connectivity index is 1.39. The van der Waals surface area contributed by atoms with Gasteiger partial charge in [-0.3, -0.25) is 14.5 Å². The van der Waals surface area contributed by atoms with Gasteiger partial charge in [0.25, 0.3) is 0 Å². The van der Waals surface area contributed by atoms with Gasteiger partial charge in [-0.2, -0.15) is 0 Å². The summed E-state index contributed by atoms with van der Waals surface area (Å²) in [6, 6.07) is 6.45. The fraction of sp³-hybridized carbons (Fsp3) is 0.304. The molecule has 1 fully saturated rings. The van der Waals surface area contributed by atoms with Gasteiger partial charge >= 0.3 is 6.03 Å². The number of urea groups is 1. The van der Waals surface area contributed by atoms with Gasteiger partial charge in [-0.1, -0.05) is 30.5 Å². The smallest absolute Gasteiger partial charge is 0.327 e. The van der Waals surface area contributed by atoms with Crippen molar-refractivity contribution >= 4 is 41.0 Å². The van der Waals surface area contributed by atoms with Gasteiger partial charge < -0.3 is 15.5 Å². The molecular formula is C23H22FN5O3S. The van der Waals surface area contributed by atoms with Gasteiger partial charge in [0, 0.05) is 30.9 Å². The maximum atomic E-state index is 14.5. The number of aromatic nitrogens is 1. The summed E-state index contributed by atoms with van der Waals surface area (Å²) in [5.74, 6) is -0.905. The maximum absolute atomic E-state index is 14.5. The van der Waals surface area contributed by atoms with Crippen molar-refractivity contribution in [2.75, 3.05) is 18.0 Å². The Kier molecular flexibility index (Phi) is 5.53. The van der Waals surface area contributed by atoms with Gasteiger partial charge in [0.2, 0.25) is 11.8 Å². The molecule has 8 nitrogen and oxygen atoms in total. The first-order valence-corrected chi connectivity index (χ1v) is 11.6. The summed E-state index contributed by atoms with van der Waals surface area (Å²) in [6.45, 7) is 4.58. The minimum Gasteiger partial charge on any atom is -0.351 e. The fourth-order valence-corrected chi connectivity index (χ4v) is 5.84. The number of carbonyl (C=O) groups excluding carboxylic acids is 3. The molecule has 10 heteroatoms. The van der Waals surface area contributed by atoms with E-state index in [1.165, 1.54) is 34.9 Å². The number of thioether (sulfide) groups is 1. The molecule has 5 rings (SSSR count). The van der Waals surface area contributed by atoms with E-state index >= 15 is 0 Å². The number of nitrogens with zero attached hydrogens (tertiary/aromatic N) is 3. The molecule has 4 amide bonds. The number of anilines is 2. The molecule has 2 N–H and O–H groups in total. The normalized spacial score (nSPS) is 23.5. The highest BCUT2D eigenvalue weighted by Gasteiger charge is 2.47. The zero-order chi connectivity index (χ0) is 23.1. The Morgan fingerprint density at radius 1 is 1.27 bits per heavy atom. The van der Waals surface area contributed by atoms with Crippen molar-refractivity contribution in [3.8, 4) is 0 Å². The lowest BCUT2D eigenvalue weighted by atomic mass is 9.99. The zero-order valence-corrected chi connectivity index (χ0v) is 18.5. The molecule has 0 radical (unpaired) electrons. The number of pyridine rings is 1. The third-order valence-corrected chi connectivity index (χ3v) is 7.40. The van der Waals surface area contributed by atoms with Crippen molar-refractivity contribution < 1.29 is 18.8 Å². The van der Waals surface area contributed by atoms with E-state index in [4.69, 9.17) is 0 Å². The number of rotatable bonds is 4. The summed E-state index contributed by atoms with van der Waals surface area (Å²) in [7, 11) is 0. The predicted octanol–water partition coefficient (Wildman–Crippen LogP) is 2.89. The Bertz CT molecular complexity index is 1160. The van der Waals surface area contributed by atoms with E-state index < -0.39 is 23.1 Å². The molecule has 4 heterocycles. The summed E-state index contributed by atoms with van der Waals surface area (Å²) in [4.78, 5) is 45.6. The van der Waals surface area contributed by atoms with E-state index in [0.29, 0.717) is 29.4 Å². The third-order valence-electron chi connectivity index (χ3n) is 6.11. The molecule has 0 saturated carbocycles. The van der Waals surface area contributed by atoms with Gasteiger partial charge in [0.1, 0.15) is 16.1 Å². The van der Waals surface area contributed by atoms with Gasteiger partial charge in [-0.05, 0) is 37.1 Å². The SMILES string of the molecule is C=CC(=O)N1CCCC(NC(=O)[C@@H]2Sc3nccc4c3C2NC(=O)N4c2ccccc2F)C1. The monoisotopic (exact) mass is 467 g/mol. The predicted molar refractivity (Wildman–Crippen MR) is 122 cm³/mol. The average molecular weight is 468 g/mol. The number of nitrogens with one attached hydrogen (secondary N) is 2. The summed E-state index contributed by atoms with van der Waals surface area (Å²) in [6.07, 6.45) is 4.38. The molecule has 170 valence electrons. The molecule has 3 atom stereocenters. The van der Waals surface area contributed by atoms with E-state index in [1.807, 2.05) is 0 Å². The highest BCUT2D eigenvalue weighted by atomic mass is 32.2. The summed E-state index contributed by atoms with van der Waals surface area (Å²) >= 11 is 1.28. The van der Waals surface area contributed by atoms with Crippen LogP contribution in [0.4, 0.5) is 20.6 Å². The quantitative estimate of drug-likeness (QED) is 0.675. The molecule has 2 aromatic rings. The van der Waals surface area contributed by atoms with E-state index in [2.05, 4.69) is 22.2 Å². The Morgan fingerprint density at radius 3 is 2.88 bits per heavy atom. The number of para-hydroxylation sites is 1. The highest BCUT2D eigenvalue weighted by Crippen LogP contribution is 2.50. The second-order valence-electron chi connectivity index (χ2n) is 8.14. The topological polar surface area (TPSA) is 94.6 Å². The average Bonchev–Trinajstić information content (AvgIpc) is 3.19. The Morgan fingerprint density at radius 2 is 2.09 bits per heavy atom. The van der Waals surface area contributed by atoms with Crippen LogP contribution in [-0.2, 0) is 9.59 Å². The van der Waals surface area contributed by atoms with Crippen molar-refractivity contribution in [3.63, 3.8) is 0 Å². The number of carbonyl (C=O) groups is 3. The molecule has 1 aromatic carbocycles. The number of hydrogen-bond acceptors (Lipinski definition) is 5. The van der Waals surface area contributed by atoms with E-state index in [9.17, 15) is 18.8 Å². The largest absolute Gasteiger partial charge is 0.351 e. The maximum Gasteiger partial charge on any atom is 0.327 e. The fourth-order valence-electron chi connectivity index (χ4n) is 4.60. The number of hydrogen-bond donors (Lipinski definition) is 2. The van der Waals surface area contributed by atoms with Crippen molar-refractivity contribution in [2.45, 2.75) is 35.2 Å². The van der Waals surface area contributed by atoms with Crippen molar-refractivity contribution in [3.05, 3.63) is 60.6 Å². The van der Waals surface area contributed by atoms with Crippen molar-refractivity contribution in [2.24, 2.45) is 0 Å². The Labute approximate surface area is 194 Å². The van der Waals surface area contributed by atoms with Crippen molar-refractivity contribution in [1.29, 1.82) is 0 Å². The summed E-state index contributed by atoms with van der Waals surface area (Å²) in [5.41, 5.74) is 1.36. The van der Waals surface area contributed by atoms with Crippen LogP contribution in [0.15, 0.2) is 54.2 Å². The number of amides is 4. The molecule has 1 aromatic heterocycles. The highest BCUT2D eigenvalue weighted by molar-refractivity contribution is 8.01. The first-order chi connectivity index (χ1) is 16.0. The van der Waals surface area contributed by atoms with Crippen molar-refractivity contribution in [1.82, 2.24) is 20.5 Å². The lowest BCUT2D eigenvalue weighted by Gasteiger charge is -2.35. The van der Waals surface area contributed by atoms with Gasteiger partial charge in [-0.15, -0.1) is 0 Å². The first-order valence-electron chi connectivity index (χ1n) is 10.7. The van der Waals surface area contributed by atoms with Crippen LogP contribution in [0, 0.1) is 5.82 Å². The molecule has 2 unspecified atom stereocenters. The van der Waals surface area contributed by atoms with Gasteiger partial charge in [-0.25, -0.2) is 14.2 Å².